The molecule has 1 aromatic heterocycles. The molecule has 4 heteroatoms. The normalized spacial score (nSPS) is 12.4. The lowest BCUT2D eigenvalue weighted by atomic mass is 10.1. The molecule has 0 aliphatic rings. The summed E-state index contributed by atoms with van der Waals surface area (Å²) in [5.74, 6) is 0.994. The molecular formula is C13H18N4. The van der Waals surface area contributed by atoms with Crippen molar-refractivity contribution in [3.05, 3.63) is 48.2 Å². The van der Waals surface area contributed by atoms with Gasteiger partial charge in [0, 0.05) is 25.7 Å². The summed E-state index contributed by atoms with van der Waals surface area (Å²) in [5, 5.41) is 7.38. The van der Waals surface area contributed by atoms with Crippen LogP contribution in [0.25, 0.3) is 0 Å². The Morgan fingerprint density at radius 3 is 2.71 bits per heavy atom. The molecule has 2 aromatic rings. The number of hydrogen-bond acceptors (Lipinski definition) is 3. The summed E-state index contributed by atoms with van der Waals surface area (Å²) in [6.45, 7) is 0.744. The van der Waals surface area contributed by atoms with Crippen molar-refractivity contribution in [3.8, 4) is 0 Å². The number of nitrogens with two attached hydrogens (primary N) is 1. The minimum Gasteiger partial charge on any atom is -0.369 e. The molecule has 0 aliphatic heterocycles. The van der Waals surface area contributed by atoms with E-state index >= 15 is 0 Å². The summed E-state index contributed by atoms with van der Waals surface area (Å²) in [6.07, 6.45) is 2.65. The number of nitrogens with one attached hydrogen (secondary N) is 1. The molecule has 0 amide bonds. The number of rotatable bonds is 5. The predicted molar refractivity (Wildman–Crippen MR) is 69.8 cm³/mol. The van der Waals surface area contributed by atoms with Gasteiger partial charge >= 0.3 is 0 Å². The highest BCUT2D eigenvalue weighted by Gasteiger charge is 2.05. The second-order valence-electron chi connectivity index (χ2n) is 4.17. The lowest BCUT2D eigenvalue weighted by Crippen LogP contribution is -2.31. The lowest BCUT2D eigenvalue weighted by molar-refractivity contribution is 0.687. The smallest absolute Gasteiger partial charge is 0.123 e. The minimum absolute atomic E-state index is 0.104. The van der Waals surface area contributed by atoms with Crippen LogP contribution < -0.4 is 11.1 Å². The first-order valence-electron chi connectivity index (χ1n) is 5.77. The van der Waals surface area contributed by atoms with E-state index in [1.807, 2.05) is 31.3 Å². The fourth-order valence-electron chi connectivity index (χ4n) is 1.77. The third kappa shape index (κ3) is 3.32. The van der Waals surface area contributed by atoms with Gasteiger partial charge < -0.3 is 11.1 Å². The number of benzene rings is 1. The van der Waals surface area contributed by atoms with E-state index in [9.17, 15) is 0 Å². The molecule has 1 atom stereocenters. The van der Waals surface area contributed by atoms with Gasteiger partial charge in [-0.25, -0.2) is 0 Å². The van der Waals surface area contributed by atoms with Crippen molar-refractivity contribution in [2.24, 2.45) is 12.8 Å². The van der Waals surface area contributed by atoms with E-state index in [1.165, 1.54) is 5.56 Å². The summed E-state index contributed by atoms with van der Waals surface area (Å²) < 4.78 is 1.80. The van der Waals surface area contributed by atoms with Crippen LogP contribution in [0.4, 0.5) is 5.82 Å². The Labute approximate surface area is 101 Å². The summed E-state index contributed by atoms with van der Waals surface area (Å²) in [5.41, 5.74) is 7.35. The van der Waals surface area contributed by atoms with Crippen LogP contribution in [0.1, 0.15) is 5.56 Å². The van der Waals surface area contributed by atoms with E-state index in [1.54, 1.807) is 10.9 Å². The second-order valence-corrected chi connectivity index (χ2v) is 4.17. The summed E-state index contributed by atoms with van der Waals surface area (Å²) >= 11 is 0. The SMILES string of the molecule is Cn1nccc1NC[C@@H](N)Cc1ccccc1. The first-order valence-corrected chi connectivity index (χ1v) is 5.77. The zero-order valence-electron chi connectivity index (χ0n) is 10.0. The van der Waals surface area contributed by atoms with Crippen LogP contribution in [0.2, 0.25) is 0 Å². The Balaban J connectivity index is 1.82. The zero-order valence-corrected chi connectivity index (χ0v) is 10.0. The minimum atomic E-state index is 0.104. The molecular weight excluding hydrogens is 212 g/mol. The van der Waals surface area contributed by atoms with Gasteiger partial charge in [-0.15, -0.1) is 0 Å². The topological polar surface area (TPSA) is 55.9 Å². The molecule has 1 heterocycles. The first-order chi connectivity index (χ1) is 8.25. The highest BCUT2D eigenvalue weighted by atomic mass is 15.3. The maximum absolute atomic E-state index is 6.08. The average Bonchev–Trinajstić information content (AvgIpc) is 2.74. The van der Waals surface area contributed by atoms with E-state index in [0.29, 0.717) is 0 Å². The van der Waals surface area contributed by atoms with Crippen LogP contribution >= 0.6 is 0 Å². The number of aromatic nitrogens is 2. The van der Waals surface area contributed by atoms with Crippen molar-refractivity contribution < 1.29 is 0 Å². The average molecular weight is 230 g/mol. The number of hydrogen-bond donors (Lipinski definition) is 2. The van der Waals surface area contributed by atoms with Crippen molar-refractivity contribution in [3.63, 3.8) is 0 Å². The highest BCUT2D eigenvalue weighted by molar-refractivity contribution is 5.33. The Morgan fingerprint density at radius 2 is 2.06 bits per heavy atom. The number of aryl methyl sites for hydroxylation is 1. The Bertz CT molecular complexity index is 449. The van der Waals surface area contributed by atoms with Gasteiger partial charge in [0.2, 0.25) is 0 Å². The number of anilines is 1. The van der Waals surface area contributed by atoms with Gasteiger partial charge in [-0.3, -0.25) is 4.68 Å². The van der Waals surface area contributed by atoms with Crippen LogP contribution in [-0.2, 0) is 13.5 Å². The van der Waals surface area contributed by atoms with Crippen LogP contribution in [0, 0.1) is 0 Å². The fraction of sp³-hybridized carbons (Fsp3) is 0.308. The van der Waals surface area contributed by atoms with Gasteiger partial charge in [0.25, 0.3) is 0 Å². The van der Waals surface area contributed by atoms with Crippen LogP contribution in [0.5, 0.6) is 0 Å². The molecule has 0 spiro atoms. The van der Waals surface area contributed by atoms with Crippen molar-refractivity contribution >= 4 is 5.82 Å². The lowest BCUT2D eigenvalue weighted by Gasteiger charge is -2.13. The molecule has 0 aliphatic carbocycles. The van der Waals surface area contributed by atoms with Crippen LogP contribution in [0.3, 0.4) is 0 Å². The van der Waals surface area contributed by atoms with Gasteiger partial charge in [-0.2, -0.15) is 5.10 Å². The molecule has 3 N–H and O–H groups in total. The molecule has 1 aromatic carbocycles. The maximum atomic E-state index is 6.08. The molecule has 4 nitrogen and oxygen atoms in total. The third-order valence-corrected chi connectivity index (χ3v) is 2.71. The zero-order chi connectivity index (χ0) is 12.1. The van der Waals surface area contributed by atoms with Gasteiger partial charge in [-0.1, -0.05) is 30.3 Å². The quantitative estimate of drug-likeness (QED) is 0.816. The molecule has 0 saturated heterocycles. The number of nitrogens with zero attached hydrogens (tertiary/aromatic N) is 2. The Morgan fingerprint density at radius 1 is 1.29 bits per heavy atom. The largest absolute Gasteiger partial charge is 0.369 e. The van der Waals surface area contributed by atoms with E-state index in [0.717, 1.165) is 18.8 Å². The molecule has 0 saturated carbocycles. The van der Waals surface area contributed by atoms with Crippen molar-refractivity contribution in [1.82, 2.24) is 9.78 Å². The second kappa shape index (κ2) is 5.50. The Hall–Kier alpha value is -1.81. The van der Waals surface area contributed by atoms with Gasteiger partial charge in [0.1, 0.15) is 5.82 Å². The molecule has 2 rings (SSSR count). The standard InChI is InChI=1S/C13H18N4/c1-17-13(7-8-16-17)15-10-12(14)9-11-5-3-2-4-6-11/h2-8,12,15H,9-10,14H2,1H3/t12-/m0/s1. The molecule has 0 bridgehead atoms. The van der Waals surface area contributed by atoms with Crippen molar-refractivity contribution in [2.45, 2.75) is 12.5 Å². The molecule has 0 fully saturated rings. The molecule has 0 unspecified atom stereocenters. The van der Waals surface area contributed by atoms with Gasteiger partial charge in [-0.05, 0) is 12.0 Å². The maximum Gasteiger partial charge on any atom is 0.123 e. The fourth-order valence-corrected chi connectivity index (χ4v) is 1.77. The molecule has 17 heavy (non-hydrogen) atoms. The van der Waals surface area contributed by atoms with E-state index < -0.39 is 0 Å². The molecule has 0 radical (unpaired) electrons. The van der Waals surface area contributed by atoms with Crippen molar-refractivity contribution in [1.29, 1.82) is 0 Å². The van der Waals surface area contributed by atoms with E-state index in [-0.39, 0.29) is 6.04 Å². The van der Waals surface area contributed by atoms with Crippen molar-refractivity contribution in [2.75, 3.05) is 11.9 Å². The highest BCUT2D eigenvalue weighted by Crippen LogP contribution is 2.05. The van der Waals surface area contributed by atoms with E-state index in [4.69, 9.17) is 5.73 Å². The third-order valence-electron chi connectivity index (χ3n) is 2.71. The predicted octanol–water partition coefficient (Wildman–Crippen LogP) is 1.40. The van der Waals surface area contributed by atoms with Gasteiger partial charge in [0.05, 0.1) is 6.20 Å². The summed E-state index contributed by atoms with van der Waals surface area (Å²) in [7, 11) is 1.91. The van der Waals surface area contributed by atoms with Gasteiger partial charge in [0.15, 0.2) is 0 Å². The Kier molecular flexibility index (Phi) is 3.77. The van der Waals surface area contributed by atoms with Crippen LogP contribution in [0.15, 0.2) is 42.6 Å². The van der Waals surface area contributed by atoms with Crippen LogP contribution in [-0.4, -0.2) is 22.4 Å². The summed E-state index contributed by atoms with van der Waals surface area (Å²) in [4.78, 5) is 0. The monoisotopic (exact) mass is 230 g/mol. The molecule has 90 valence electrons. The van der Waals surface area contributed by atoms with E-state index in [2.05, 4.69) is 22.5 Å². The summed E-state index contributed by atoms with van der Waals surface area (Å²) in [6, 6.07) is 12.3. The first kappa shape index (κ1) is 11.7.